The molecule has 12 heavy (non-hydrogen) atoms. The number of hydrogen-bond acceptors (Lipinski definition) is 2. The van der Waals surface area contributed by atoms with Crippen LogP contribution in [0.15, 0.2) is 0 Å². The lowest BCUT2D eigenvalue weighted by Crippen LogP contribution is -2.35. The minimum atomic E-state index is 0.266. The van der Waals surface area contributed by atoms with Crippen molar-refractivity contribution < 1.29 is 4.74 Å². The van der Waals surface area contributed by atoms with Gasteiger partial charge in [0.25, 0.3) is 0 Å². The number of hydrogen-bond donors (Lipinski definition) is 1. The Hall–Kier alpha value is -0.0800. The highest BCUT2D eigenvalue weighted by atomic mass is 16.5. The van der Waals surface area contributed by atoms with Crippen LogP contribution >= 0.6 is 0 Å². The van der Waals surface area contributed by atoms with Gasteiger partial charge in [0, 0.05) is 12.6 Å². The van der Waals surface area contributed by atoms with Gasteiger partial charge in [-0.3, -0.25) is 0 Å². The maximum Gasteiger partial charge on any atom is 0.0726 e. The molecular weight excluding hydrogens is 150 g/mol. The van der Waals surface area contributed by atoms with Gasteiger partial charge in [0.1, 0.15) is 0 Å². The number of nitrogens with two attached hydrogens (primary N) is 1. The topological polar surface area (TPSA) is 35.2 Å². The smallest absolute Gasteiger partial charge is 0.0726 e. The molecule has 0 spiro atoms. The molecule has 1 saturated heterocycles. The zero-order valence-electron chi connectivity index (χ0n) is 8.25. The summed E-state index contributed by atoms with van der Waals surface area (Å²) in [4.78, 5) is 0. The van der Waals surface area contributed by atoms with E-state index in [2.05, 4.69) is 13.8 Å². The minimum absolute atomic E-state index is 0.266. The van der Waals surface area contributed by atoms with Gasteiger partial charge in [0.05, 0.1) is 6.10 Å². The van der Waals surface area contributed by atoms with Gasteiger partial charge in [-0.25, -0.2) is 0 Å². The SMILES string of the molecule is CCC(C)CC(N)C1CCCO1. The summed E-state index contributed by atoms with van der Waals surface area (Å²) in [6.45, 7) is 5.39. The van der Waals surface area contributed by atoms with Gasteiger partial charge in [-0.1, -0.05) is 20.3 Å². The van der Waals surface area contributed by atoms with Crippen molar-refractivity contribution in [3.05, 3.63) is 0 Å². The average molecular weight is 171 g/mol. The van der Waals surface area contributed by atoms with Gasteiger partial charge < -0.3 is 10.5 Å². The fraction of sp³-hybridized carbons (Fsp3) is 1.00. The quantitative estimate of drug-likeness (QED) is 0.701. The van der Waals surface area contributed by atoms with E-state index >= 15 is 0 Å². The average Bonchev–Trinajstić information content (AvgIpc) is 2.56. The molecule has 2 nitrogen and oxygen atoms in total. The summed E-state index contributed by atoms with van der Waals surface area (Å²) in [7, 11) is 0. The van der Waals surface area contributed by atoms with Gasteiger partial charge in [0.2, 0.25) is 0 Å². The van der Waals surface area contributed by atoms with Crippen LogP contribution in [0.5, 0.6) is 0 Å². The van der Waals surface area contributed by atoms with E-state index in [1.165, 1.54) is 12.8 Å². The highest BCUT2D eigenvalue weighted by Crippen LogP contribution is 2.19. The standard InChI is InChI=1S/C10H21NO/c1-3-8(2)7-9(11)10-5-4-6-12-10/h8-10H,3-7,11H2,1-2H3. The Bertz CT molecular complexity index is 121. The summed E-state index contributed by atoms with van der Waals surface area (Å²) in [6.07, 6.45) is 5.04. The first kappa shape index (κ1) is 10.0. The molecule has 1 fully saturated rings. The molecule has 3 atom stereocenters. The second-order valence-corrected chi connectivity index (χ2v) is 3.96. The molecular formula is C10H21NO. The molecule has 0 radical (unpaired) electrons. The fourth-order valence-electron chi connectivity index (χ4n) is 1.72. The Kier molecular flexibility index (Phi) is 4.02. The Morgan fingerprint density at radius 1 is 1.58 bits per heavy atom. The van der Waals surface area contributed by atoms with Gasteiger partial charge >= 0.3 is 0 Å². The largest absolute Gasteiger partial charge is 0.377 e. The van der Waals surface area contributed by atoms with Gasteiger partial charge in [-0.15, -0.1) is 0 Å². The van der Waals surface area contributed by atoms with Crippen molar-refractivity contribution in [1.29, 1.82) is 0 Å². The first-order valence-corrected chi connectivity index (χ1v) is 5.11. The van der Waals surface area contributed by atoms with Crippen LogP contribution in [0.1, 0.15) is 39.5 Å². The maximum atomic E-state index is 6.03. The molecule has 0 aromatic rings. The first-order valence-electron chi connectivity index (χ1n) is 5.11. The molecule has 0 aromatic carbocycles. The molecule has 2 heteroatoms. The molecule has 1 aliphatic heterocycles. The fourth-order valence-corrected chi connectivity index (χ4v) is 1.72. The highest BCUT2D eigenvalue weighted by Gasteiger charge is 2.23. The lowest BCUT2D eigenvalue weighted by molar-refractivity contribution is 0.0829. The zero-order valence-corrected chi connectivity index (χ0v) is 8.25. The van der Waals surface area contributed by atoms with Crippen LogP contribution in [0.25, 0.3) is 0 Å². The van der Waals surface area contributed by atoms with E-state index in [4.69, 9.17) is 10.5 Å². The maximum absolute atomic E-state index is 6.03. The van der Waals surface area contributed by atoms with Crippen molar-refractivity contribution in [3.63, 3.8) is 0 Å². The molecule has 1 rings (SSSR count). The summed E-state index contributed by atoms with van der Waals surface area (Å²) in [5, 5.41) is 0. The first-order chi connectivity index (χ1) is 5.74. The molecule has 2 N–H and O–H groups in total. The molecule has 1 heterocycles. The monoisotopic (exact) mass is 171 g/mol. The molecule has 0 aliphatic carbocycles. The van der Waals surface area contributed by atoms with Crippen LogP contribution in [0.2, 0.25) is 0 Å². The van der Waals surface area contributed by atoms with E-state index in [0.29, 0.717) is 6.10 Å². The molecule has 1 aliphatic rings. The van der Waals surface area contributed by atoms with Crippen LogP contribution in [-0.4, -0.2) is 18.8 Å². The highest BCUT2D eigenvalue weighted by molar-refractivity contribution is 4.78. The van der Waals surface area contributed by atoms with Crippen LogP contribution in [0, 0.1) is 5.92 Å². The summed E-state index contributed by atoms with van der Waals surface area (Å²) in [5.41, 5.74) is 6.03. The van der Waals surface area contributed by atoms with Crippen LogP contribution in [0.3, 0.4) is 0 Å². The molecule has 0 bridgehead atoms. The number of ether oxygens (including phenoxy) is 1. The van der Waals surface area contributed by atoms with E-state index in [1.807, 2.05) is 0 Å². The third kappa shape index (κ3) is 2.76. The molecule has 0 saturated carbocycles. The van der Waals surface area contributed by atoms with Crippen LogP contribution < -0.4 is 5.73 Å². The summed E-state index contributed by atoms with van der Waals surface area (Å²) >= 11 is 0. The van der Waals surface area contributed by atoms with Crippen LogP contribution in [0.4, 0.5) is 0 Å². The third-order valence-electron chi connectivity index (χ3n) is 2.81. The molecule has 72 valence electrons. The van der Waals surface area contributed by atoms with Crippen molar-refractivity contribution in [1.82, 2.24) is 0 Å². The normalized spacial score (nSPS) is 28.8. The van der Waals surface area contributed by atoms with E-state index < -0.39 is 0 Å². The van der Waals surface area contributed by atoms with Crippen molar-refractivity contribution in [3.8, 4) is 0 Å². The Balaban J connectivity index is 2.21. The predicted molar refractivity (Wildman–Crippen MR) is 51.0 cm³/mol. The summed E-state index contributed by atoms with van der Waals surface area (Å²) in [5.74, 6) is 0.740. The van der Waals surface area contributed by atoms with Gasteiger partial charge in [0.15, 0.2) is 0 Å². The second-order valence-electron chi connectivity index (χ2n) is 3.96. The van der Waals surface area contributed by atoms with E-state index in [-0.39, 0.29) is 6.04 Å². The number of rotatable bonds is 4. The molecule has 0 aromatic heterocycles. The minimum Gasteiger partial charge on any atom is -0.377 e. The summed E-state index contributed by atoms with van der Waals surface area (Å²) < 4.78 is 5.54. The van der Waals surface area contributed by atoms with Crippen LogP contribution in [-0.2, 0) is 4.74 Å². The van der Waals surface area contributed by atoms with Crippen molar-refractivity contribution in [2.24, 2.45) is 11.7 Å². The van der Waals surface area contributed by atoms with Gasteiger partial charge in [-0.05, 0) is 25.2 Å². The van der Waals surface area contributed by atoms with E-state index in [1.54, 1.807) is 0 Å². The van der Waals surface area contributed by atoms with Crippen molar-refractivity contribution >= 4 is 0 Å². The van der Waals surface area contributed by atoms with Crippen molar-refractivity contribution in [2.75, 3.05) is 6.61 Å². The van der Waals surface area contributed by atoms with Crippen molar-refractivity contribution in [2.45, 2.75) is 51.7 Å². The molecule has 0 amide bonds. The summed E-state index contributed by atoms with van der Waals surface area (Å²) in [6, 6.07) is 0.266. The predicted octanol–water partition coefficient (Wildman–Crippen LogP) is 1.93. The lowest BCUT2D eigenvalue weighted by Gasteiger charge is -2.21. The Morgan fingerprint density at radius 2 is 2.33 bits per heavy atom. The zero-order chi connectivity index (χ0) is 8.97. The van der Waals surface area contributed by atoms with E-state index in [9.17, 15) is 0 Å². The Labute approximate surface area is 75.5 Å². The molecule has 3 unspecified atom stereocenters. The Morgan fingerprint density at radius 3 is 2.83 bits per heavy atom. The third-order valence-corrected chi connectivity index (χ3v) is 2.81. The van der Waals surface area contributed by atoms with E-state index in [0.717, 1.165) is 25.4 Å². The van der Waals surface area contributed by atoms with Gasteiger partial charge in [-0.2, -0.15) is 0 Å². The lowest BCUT2D eigenvalue weighted by atomic mass is 9.95. The second kappa shape index (κ2) is 4.83.